The van der Waals surface area contributed by atoms with Crippen LogP contribution in [0.25, 0.3) is 0 Å². The zero-order chi connectivity index (χ0) is 15.6. The highest BCUT2D eigenvalue weighted by atomic mass is 16.4. The SMILES string of the molecule is CCC(CC)(CC(=O)N1c2ccccc2CC1C)C(=O)O. The van der Waals surface area contributed by atoms with E-state index in [9.17, 15) is 14.7 Å². The van der Waals surface area contributed by atoms with E-state index >= 15 is 0 Å². The number of carboxylic acids is 1. The quantitative estimate of drug-likeness (QED) is 0.905. The monoisotopic (exact) mass is 289 g/mol. The number of rotatable bonds is 5. The maximum absolute atomic E-state index is 12.7. The van der Waals surface area contributed by atoms with Crippen LogP contribution in [0.4, 0.5) is 5.69 Å². The standard InChI is InChI=1S/C17H23NO3/c1-4-17(5-2,16(20)21)11-15(19)18-12(3)10-13-8-6-7-9-14(13)18/h6-9,12H,4-5,10-11H2,1-3H3,(H,20,21). The van der Waals surface area contributed by atoms with Gasteiger partial charge in [-0.25, -0.2) is 0 Å². The second-order valence-corrected chi connectivity index (χ2v) is 5.91. The molecule has 114 valence electrons. The van der Waals surface area contributed by atoms with Crippen molar-refractivity contribution >= 4 is 17.6 Å². The summed E-state index contributed by atoms with van der Waals surface area (Å²) in [5, 5.41) is 9.51. The molecule has 0 saturated heterocycles. The van der Waals surface area contributed by atoms with Crippen molar-refractivity contribution in [3.8, 4) is 0 Å². The van der Waals surface area contributed by atoms with Gasteiger partial charge >= 0.3 is 5.97 Å². The summed E-state index contributed by atoms with van der Waals surface area (Å²) >= 11 is 0. The third-order valence-electron chi connectivity index (χ3n) is 4.77. The molecule has 2 rings (SSSR count). The molecule has 4 nitrogen and oxygen atoms in total. The Morgan fingerprint density at radius 2 is 1.90 bits per heavy atom. The van der Waals surface area contributed by atoms with Crippen LogP contribution in [0.1, 0.15) is 45.6 Å². The van der Waals surface area contributed by atoms with Crippen LogP contribution in [0.5, 0.6) is 0 Å². The minimum Gasteiger partial charge on any atom is -0.481 e. The molecule has 4 heteroatoms. The molecular formula is C17H23NO3. The van der Waals surface area contributed by atoms with Crippen LogP contribution in [-0.4, -0.2) is 23.0 Å². The van der Waals surface area contributed by atoms with Crippen molar-refractivity contribution in [1.82, 2.24) is 0 Å². The first-order chi connectivity index (χ1) is 9.95. The molecule has 0 saturated carbocycles. The highest BCUT2D eigenvalue weighted by molar-refractivity contribution is 5.98. The summed E-state index contributed by atoms with van der Waals surface area (Å²) in [6.07, 6.45) is 1.83. The van der Waals surface area contributed by atoms with Crippen molar-refractivity contribution in [3.63, 3.8) is 0 Å². The maximum atomic E-state index is 12.7. The number of hydrogen-bond acceptors (Lipinski definition) is 2. The third kappa shape index (κ3) is 2.67. The second kappa shape index (κ2) is 5.88. The Balaban J connectivity index is 2.26. The van der Waals surface area contributed by atoms with Crippen molar-refractivity contribution in [3.05, 3.63) is 29.8 Å². The Labute approximate surface area is 125 Å². The fourth-order valence-corrected chi connectivity index (χ4v) is 3.20. The summed E-state index contributed by atoms with van der Waals surface area (Å²) in [5.74, 6) is -0.959. The molecule has 1 aliphatic heterocycles. The van der Waals surface area contributed by atoms with Crippen molar-refractivity contribution in [2.75, 3.05) is 4.90 Å². The van der Waals surface area contributed by atoms with Gasteiger partial charge in [-0.2, -0.15) is 0 Å². The molecule has 1 unspecified atom stereocenters. The predicted molar refractivity (Wildman–Crippen MR) is 82.4 cm³/mol. The van der Waals surface area contributed by atoms with Gasteiger partial charge in [0.15, 0.2) is 0 Å². The summed E-state index contributed by atoms with van der Waals surface area (Å²) in [5.41, 5.74) is 1.14. The number of anilines is 1. The van der Waals surface area contributed by atoms with Gasteiger partial charge in [-0.05, 0) is 37.8 Å². The molecule has 1 aliphatic rings. The van der Waals surface area contributed by atoms with Crippen molar-refractivity contribution < 1.29 is 14.7 Å². The number of carbonyl (C=O) groups excluding carboxylic acids is 1. The Morgan fingerprint density at radius 3 is 2.48 bits per heavy atom. The summed E-state index contributed by atoms with van der Waals surface area (Å²) < 4.78 is 0. The number of carboxylic acid groups (broad SMARTS) is 1. The van der Waals surface area contributed by atoms with E-state index in [1.165, 1.54) is 0 Å². The summed E-state index contributed by atoms with van der Waals surface area (Å²) in [6, 6.07) is 7.95. The molecule has 0 fully saturated rings. The molecule has 1 aromatic rings. The number of amides is 1. The molecule has 0 spiro atoms. The fraction of sp³-hybridized carbons (Fsp3) is 0.529. The molecular weight excluding hydrogens is 266 g/mol. The average molecular weight is 289 g/mol. The first-order valence-corrected chi connectivity index (χ1v) is 7.58. The van der Waals surface area contributed by atoms with Gasteiger partial charge < -0.3 is 10.0 Å². The van der Waals surface area contributed by atoms with Gasteiger partial charge in [0.25, 0.3) is 0 Å². The summed E-state index contributed by atoms with van der Waals surface area (Å²) in [4.78, 5) is 26.1. The third-order valence-corrected chi connectivity index (χ3v) is 4.77. The van der Waals surface area contributed by atoms with Crippen LogP contribution in [-0.2, 0) is 16.0 Å². The van der Waals surface area contributed by atoms with E-state index in [1.54, 1.807) is 4.90 Å². The lowest BCUT2D eigenvalue weighted by Gasteiger charge is -2.30. The molecule has 1 N–H and O–H groups in total. The van der Waals surface area contributed by atoms with Crippen LogP contribution in [0.2, 0.25) is 0 Å². The maximum Gasteiger partial charge on any atom is 0.310 e. The Kier molecular flexibility index (Phi) is 4.35. The summed E-state index contributed by atoms with van der Waals surface area (Å²) in [7, 11) is 0. The number of benzene rings is 1. The van der Waals surface area contributed by atoms with Crippen LogP contribution >= 0.6 is 0 Å². The Morgan fingerprint density at radius 1 is 1.29 bits per heavy atom. The van der Waals surface area contributed by atoms with Crippen molar-refractivity contribution in [2.45, 2.75) is 52.5 Å². The molecule has 21 heavy (non-hydrogen) atoms. The van der Waals surface area contributed by atoms with E-state index in [2.05, 4.69) is 0 Å². The highest BCUT2D eigenvalue weighted by Gasteiger charge is 2.40. The molecule has 1 heterocycles. The Bertz CT molecular complexity index is 549. The highest BCUT2D eigenvalue weighted by Crippen LogP contribution is 2.37. The number of para-hydroxylation sites is 1. The number of carbonyl (C=O) groups is 2. The van der Waals surface area contributed by atoms with Gasteiger partial charge in [0, 0.05) is 18.2 Å². The lowest BCUT2D eigenvalue weighted by molar-refractivity contribution is -0.152. The molecule has 1 aromatic carbocycles. The molecule has 0 bridgehead atoms. The molecule has 1 atom stereocenters. The molecule has 0 aliphatic carbocycles. The lowest BCUT2D eigenvalue weighted by Crippen LogP contribution is -2.41. The van der Waals surface area contributed by atoms with E-state index in [-0.39, 0.29) is 18.4 Å². The largest absolute Gasteiger partial charge is 0.481 e. The van der Waals surface area contributed by atoms with Gasteiger partial charge in [-0.1, -0.05) is 32.0 Å². The van der Waals surface area contributed by atoms with Crippen molar-refractivity contribution in [1.29, 1.82) is 0 Å². The normalized spacial score (nSPS) is 17.7. The van der Waals surface area contributed by atoms with Gasteiger partial charge in [0.1, 0.15) is 0 Å². The second-order valence-electron chi connectivity index (χ2n) is 5.91. The first kappa shape index (κ1) is 15.5. The van der Waals surface area contributed by atoms with Gasteiger partial charge in [-0.3, -0.25) is 9.59 Å². The van der Waals surface area contributed by atoms with Gasteiger partial charge in [0.2, 0.25) is 5.91 Å². The van der Waals surface area contributed by atoms with Crippen molar-refractivity contribution in [2.24, 2.45) is 5.41 Å². The smallest absolute Gasteiger partial charge is 0.310 e. The molecule has 0 aromatic heterocycles. The zero-order valence-electron chi connectivity index (χ0n) is 12.9. The molecule has 0 radical (unpaired) electrons. The minimum atomic E-state index is -0.950. The average Bonchev–Trinajstić information content (AvgIpc) is 2.80. The lowest BCUT2D eigenvalue weighted by atomic mass is 9.79. The van der Waals surface area contributed by atoms with Crippen LogP contribution in [0.15, 0.2) is 24.3 Å². The first-order valence-electron chi connectivity index (χ1n) is 7.58. The van der Waals surface area contributed by atoms with Gasteiger partial charge in [0.05, 0.1) is 5.41 Å². The predicted octanol–water partition coefficient (Wildman–Crippen LogP) is 3.25. The number of fused-ring (bicyclic) bond motifs is 1. The van der Waals surface area contributed by atoms with E-state index in [4.69, 9.17) is 0 Å². The topological polar surface area (TPSA) is 57.6 Å². The zero-order valence-corrected chi connectivity index (χ0v) is 12.9. The Hall–Kier alpha value is -1.84. The van der Waals surface area contributed by atoms with E-state index in [0.717, 1.165) is 17.7 Å². The van der Waals surface area contributed by atoms with Crippen LogP contribution in [0, 0.1) is 5.41 Å². The number of nitrogens with zero attached hydrogens (tertiary/aromatic N) is 1. The van der Waals surface area contributed by atoms with Crippen LogP contribution in [0.3, 0.4) is 0 Å². The van der Waals surface area contributed by atoms with E-state index in [0.29, 0.717) is 12.8 Å². The molecule has 1 amide bonds. The van der Waals surface area contributed by atoms with E-state index in [1.807, 2.05) is 45.0 Å². The van der Waals surface area contributed by atoms with E-state index < -0.39 is 11.4 Å². The summed E-state index contributed by atoms with van der Waals surface area (Å²) in [6.45, 7) is 5.69. The fourth-order valence-electron chi connectivity index (χ4n) is 3.20. The van der Waals surface area contributed by atoms with Crippen LogP contribution < -0.4 is 4.90 Å². The minimum absolute atomic E-state index is 0.0635. The number of aliphatic carboxylic acids is 1. The van der Waals surface area contributed by atoms with Gasteiger partial charge in [-0.15, -0.1) is 0 Å². The number of hydrogen-bond donors (Lipinski definition) is 1.